The number of hydrogen-bond acceptors (Lipinski definition) is 7. The Balaban J connectivity index is 2.19. The Morgan fingerprint density at radius 1 is 1.40 bits per heavy atom. The van der Waals surface area contributed by atoms with Crippen molar-refractivity contribution in [3.8, 4) is 6.07 Å². The number of hydrogen-bond donors (Lipinski definition) is 1. The normalized spacial score (nSPS) is 11.2. The number of nitro groups is 1. The summed E-state index contributed by atoms with van der Waals surface area (Å²) in [5.41, 5.74) is 1.08. The summed E-state index contributed by atoms with van der Waals surface area (Å²) in [6.07, 6.45) is 1.86. The quantitative estimate of drug-likeness (QED) is 0.488. The number of nitrogens with one attached hydrogen (secondary N) is 1. The monoisotopic (exact) mass is 340 g/mol. The molecule has 0 saturated heterocycles. The van der Waals surface area contributed by atoms with E-state index < -0.39 is 4.92 Å². The first-order valence-corrected chi connectivity index (χ1v) is 7.43. The van der Waals surface area contributed by atoms with E-state index in [2.05, 4.69) is 10.3 Å². The molecule has 0 aliphatic heterocycles. The summed E-state index contributed by atoms with van der Waals surface area (Å²) in [5, 5.41) is 23.0. The van der Waals surface area contributed by atoms with E-state index in [4.69, 9.17) is 10.00 Å². The van der Waals surface area contributed by atoms with E-state index in [0.717, 1.165) is 5.56 Å². The molecule has 1 unspecified atom stereocenters. The van der Waals surface area contributed by atoms with E-state index in [-0.39, 0.29) is 29.0 Å². The number of rotatable bonds is 6. The van der Waals surface area contributed by atoms with Gasteiger partial charge >= 0.3 is 11.7 Å². The highest BCUT2D eigenvalue weighted by Crippen LogP contribution is 2.28. The van der Waals surface area contributed by atoms with Gasteiger partial charge in [-0.05, 0) is 30.2 Å². The number of nitrogens with zero attached hydrogens (tertiary/aromatic N) is 3. The molecule has 0 amide bonds. The predicted octanol–water partition coefficient (Wildman–Crippen LogP) is 2.96. The predicted molar refractivity (Wildman–Crippen MR) is 90.2 cm³/mol. The van der Waals surface area contributed by atoms with Crippen molar-refractivity contribution >= 4 is 23.2 Å². The highest BCUT2D eigenvalue weighted by molar-refractivity contribution is 5.72. The smallest absolute Gasteiger partial charge is 0.329 e. The van der Waals surface area contributed by atoms with E-state index in [1.807, 2.05) is 12.1 Å². The summed E-state index contributed by atoms with van der Waals surface area (Å²) in [4.78, 5) is 25.9. The van der Waals surface area contributed by atoms with Crippen molar-refractivity contribution in [2.75, 3.05) is 12.4 Å². The van der Waals surface area contributed by atoms with Crippen LogP contribution in [0.4, 0.5) is 17.2 Å². The maximum Gasteiger partial charge on any atom is 0.329 e. The molecule has 2 rings (SSSR count). The molecule has 0 fully saturated rings. The number of methoxy groups -OCH3 is 1. The molecule has 128 valence electrons. The Labute approximate surface area is 144 Å². The van der Waals surface area contributed by atoms with Crippen LogP contribution in [0.3, 0.4) is 0 Å². The fraction of sp³-hybridized carbons (Fsp3) is 0.235. The van der Waals surface area contributed by atoms with Gasteiger partial charge in [-0.3, -0.25) is 14.9 Å². The number of pyridine rings is 1. The second-order valence-electron chi connectivity index (χ2n) is 5.37. The Hall–Kier alpha value is -3.47. The van der Waals surface area contributed by atoms with Gasteiger partial charge in [0.1, 0.15) is 11.6 Å². The van der Waals surface area contributed by atoms with Gasteiger partial charge in [-0.1, -0.05) is 19.1 Å². The third-order valence-corrected chi connectivity index (χ3v) is 3.59. The van der Waals surface area contributed by atoms with Crippen LogP contribution >= 0.6 is 0 Å². The van der Waals surface area contributed by atoms with Crippen LogP contribution in [0.2, 0.25) is 0 Å². The van der Waals surface area contributed by atoms with Crippen molar-refractivity contribution < 1.29 is 14.5 Å². The standard InChI is InChI=1S/C17H16N4O4/c1-11(17(22)25-2)9-12-3-5-14(6-4-12)20-16-15(21(23)24)13(10-18)7-8-19-16/h3-8,11H,9H2,1-2H3,(H,19,20). The average molecular weight is 340 g/mol. The van der Waals surface area contributed by atoms with Crippen molar-refractivity contribution in [1.29, 1.82) is 5.26 Å². The van der Waals surface area contributed by atoms with Crippen LogP contribution in [-0.2, 0) is 16.0 Å². The van der Waals surface area contributed by atoms with E-state index in [1.165, 1.54) is 19.4 Å². The number of nitriles is 1. The molecule has 0 aliphatic carbocycles. The maximum atomic E-state index is 11.5. The van der Waals surface area contributed by atoms with Gasteiger partial charge < -0.3 is 10.1 Å². The average Bonchev–Trinajstić information content (AvgIpc) is 2.62. The van der Waals surface area contributed by atoms with Gasteiger partial charge in [0.05, 0.1) is 18.0 Å². The molecule has 0 aliphatic rings. The van der Waals surface area contributed by atoms with Gasteiger partial charge in [0, 0.05) is 11.9 Å². The van der Waals surface area contributed by atoms with Gasteiger partial charge in [0.15, 0.2) is 0 Å². The second kappa shape index (κ2) is 7.88. The minimum absolute atomic E-state index is 0.000251. The molecule has 0 spiro atoms. The van der Waals surface area contributed by atoms with Crippen LogP contribution < -0.4 is 5.32 Å². The lowest BCUT2D eigenvalue weighted by Crippen LogP contribution is -2.15. The minimum atomic E-state index is -0.639. The number of esters is 1. The van der Waals surface area contributed by atoms with E-state index in [0.29, 0.717) is 12.1 Å². The largest absolute Gasteiger partial charge is 0.469 e. The number of carbonyl (C=O) groups excluding carboxylic acids is 1. The van der Waals surface area contributed by atoms with Crippen molar-refractivity contribution in [2.24, 2.45) is 5.92 Å². The molecule has 8 nitrogen and oxygen atoms in total. The number of carbonyl (C=O) groups is 1. The summed E-state index contributed by atoms with van der Waals surface area (Å²) in [6, 6.07) is 10.1. The summed E-state index contributed by atoms with van der Waals surface area (Å²) < 4.78 is 4.69. The van der Waals surface area contributed by atoms with Gasteiger partial charge in [0.25, 0.3) is 0 Å². The zero-order chi connectivity index (χ0) is 18.4. The molecule has 1 heterocycles. The zero-order valence-electron chi connectivity index (χ0n) is 13.7. The first kappa shape index (κ1) is 17.9. The van der Waals surface area contributed by atoms with Crippen LogP contribution in [-0.4, -0.2) is 23.0 Å². The third-order valence-electron chi connectivity index (χ3n) is 3.59. The summed E-state index contributed by atoms with van der Waals surface area (Å²) in [5.74, 6) is -0.547. The molecule has 0 radical (unpaired) electrons. The Morgan fingerprint density at radius 3 is 2.64 bits per heavy atom. The maximum absolute atomic E-state index is 11.5. The summed E-state index contributed by atoms with van der Waals surface area (Å²) >= 11 is 0. The Kier molecular flexibility index (Phi) is 5.63. The van der Waals surface area contributed by atoms with Gasteiger partial charge in [-0.15, -0.1) is 0 Å². The first-order valence-electron chi connectivity index (χ1n) is 7.43. The molecule has 0 bridgehead atoms. The van der Waals surface area contributed by atoms with Crippen LogP contribution in [0.5, 0.6) is 0 Å². The molecular weight excluding hydrogens is 324 g/mol. The van der Waals surface area contributed by atoms with E-state index >= 15 is 0 Å². The number of ether oxygens (including phenoxy) is 1. The van der Waals surface area contributed by atoms with Crippen LogP contribution in [0.15, 0.2) is 36.5 Å². The first-order chi connectivity index (χ1) is 12.0. The van der Waals surface area contributed by atoms with Gasteiger partial charge in [-0.2, -0.15) is 5.26 Å². The zero-order valence-corrected chi connectivity index (χ0v) is 13.7. The SMILES string of the molecule is COC(=O)C(C)Cc1ccc(Nc2nccc(C#N)c2[N+](=O)[O-])cc1. The van der Waals surface area contributed by atoms with E-state index in [1.54, 1.807) is 25.1 Å². The van der Waals surface area contributed by atoms with Crippen LogP contribution in [0.25, 0.3) is 0 Å². The van der Waals surface area contributed by atoms with Crippen molar-refractivity contribution in [3.05, 3.63) is 57.8 Å². The molecular formula is C17H16N4O4. The lowest BCUT2D eigenvalue weighted by atomic mass is 10.0. The van der Waals surface area contributed by atoms with Crippen LogP contribution in [0.1, 0.15) is 18.1 Å². The Morgan fingerprint density at radius 2 is 2.08 bits per heavy atom. The fourth-order valence-corrected chi connectivity index (χ4v) is 2.32. The number of benzene rings is 1. The van der Waals surface area contributed by atoms with Crippen molar-refractivity contribution in [3.63, 3.8) is 0 Å². The fourth-order valence-electron chi connectivity index (χ4n) is 2.32. The van der Waals surface area contributed by atoms with Gasteiger partial charge in [0.2, 0.25) is 5.82 Å². The molecule has 25 heavy (non-hydrogen) atoms. The second-order valence-corrected chi connectivity index (χ2v) is 5.37. The molecule has 1 aromatic carbocycles. The molecule has 1 aromatic heterocycles. The lowest BCUT2D eigenvalue weighted by Gasteiger charge is -2.10. The van der Waals surface area contributed by atoms with E-state index in [9.17, 15) is 14.9 Å². The highest BCUT2D eigenvalue weighted by atomic mass is 16.6. The molecule has 1 N–H and O–H groups in total. The third kappa shape index (κ3) is 4.29. The summed E-state index contributed by atoms with van der Waals surface area (Å²) in [6.45, 7) is 1.78. The lowest BCUT2D eigenvalue weighted by molar-refractivity contribution is -0.384. The van der Waals surface area contributed by atoms with Crippen molar-refractivity contribution in [2.45, 2.75) is 13.3 Å². The number of anilines is 2. The topological polar surface area (TPSA) is 118 Å². The molecule has 2 aromatic rings. The Bertz CT molecular complexity index is 828. The summed E-state index contributed by atoms with van der Waals surface area (Å²) in [7, 11) is 1.35. The van der Waals surface area contributed by atoms with Crippen LogP contribution in [0, 0.1) is 27.4 Å². The van der Waals surface area contributed by atoms with Crippen molar-refractivity contribution in [1.82, 2.24) is 4.98 Å². The highest BCUT2D eigenvalue weighted by Gasteiger charge is 2.21. The minimum Gasteiger partial charge on any atom is -0.469 e. The molecule has 0 saturated carbocycles. The van der Waals surface area contributed by atoms with Gasteiger partial charge in [-0.25, -0.2) is 4.98 Å². The number of aromatic nitrogens is 1. The molecule has 1 atom stereocenters. The molecule has 8 heteroatoms.